The molecule has 0 atom stereocenters. The molecule has 0 amide bonds. The average molecular weight is 395 g/mol. The molecule has 0 saturated heterocycles. The Hall–Kier alpha value is -4.26. The van der Waals surface area contributed by atoms with Gasteiger partial charge in [-0.25, -0.2) is 9.07 Å². The van der Waals surface area contributed by atoms with Crippen molar-refractivity contribution in [2.24, 2.45) is 0 Å². The molecule has 0 saturated carbocycles. The van der Waals surface area contributed by atoms with E-state index in [2.05, 4.69) is 15.3 Å². The molecule has 6 aromatic rings. The van der Waals surface area contributed by atoms with E-state index in [-0.39, 0.29) is 5.82 Å². The highest BCUT2D eigenvalue weighted by molar-refractivity contribution is 5.87. The molecule has 0 aliphatic rings. The molecule has 0 N–H and O–H groups in total. The van der Waals surface area contributed by atoms with Crippen molar-refractivity contribution in [1.29, 1.82) is 0 Å². The van der Waals surface area contributed by atoms with Crippen LogP contribution in [-0.4, -0.2) is 24.4 Å². The largest absolute Gasteiger partial charge is 0.432 e. The van der Waals surface area contributed by atoms with Gasteiger partial charge >= 0.3 is 5.84 Å². The average Bonchev–Trinajstić information content (AvgIpc) is 3.48. The summed E-state index contributed by atoms with van der Waals surface area (Å²) in [6, 6.07) is 22.1. The Morgan fingerprint density at radius 1 is 0.867 bits per heavy atom. The Bertz CT molecular complexity index is 1500. The van der Waals surface area contributed by atoms with Gasteiger partial charge in [0.25, 0.3) is 0 Å². The number of hydrogen-bond acceptors (Lipinski definition) is 4. The minimum atomic E-state index is -0.289. The lowest BCUT2D eigenvalue weighted by Crippen LogP contribution is -1.96. The molecular weight excluding hydrogens is 381 g/mol. The van der Waals surface area contributed by atoms with Gasteiger partial charge < -0.3 is 4.42 Å². The summed E-state index contributed by atoms with van der Waals surface area (Å²) in [6.45, 7) is 0. The molecule has 6 nitrogen and oxygen atoms in total. The fourth-order valence-corrected chi connectivity index (χ4v) is 3.70. The van der Waals surface area contributed by atoms with Crippen LogP contribution in [0, 0.1) is 5.82 Å². The molecule has 0 unspecified atom stereocenters. The van der Waals surface area contributed by atoms with Crippen LogP contribution in [0.25, 0.3) is 45.1 Å². The van der Waals surface area contributed by atoms with Gasteiger partial charge in [0, 0.05) is 17.3 Å². The molecule has 0 aliphatic carbocycles. The lowest BCUT2D eigenvalue weighted by molar-refractivity contribution is 0.596. The Morgan fingerprint density at radius 2 is 1.67 bits per heavy atom. The first-order valence-electron chi connectivity index (χ1n) is 9.41. The normalized spacial score (nSPS) is 11.5. The summed E-state index contributed by atoms with van der Waals surface area (Å²) in [5.74, 6) is 0.182. The van der Waals surface area contributed by atoms with Gasteiger partial charge in [-0.2, -0.15) is 4.98 Å². The van der Waals surface area contributed by atoms with Crippen molar-refractivity contribution in [1.82, 2.24) is 24.4 Å². The van der Waals surface area contributed by atoms with Crippen LogP contribution in [0.15, 0.2) is 89.7 Å². The number of hydrogen-bond donors (Lipinski definition) is 0. The number of oxazole rings is 1. The van der Waals surface area contributed by atoms with Gasteiger partial charge in [-0.05, 0) is 48.5 Å². The molecule has 3 aromatic carbocycles. The quantitative estimate of drug-likeness (QED) is 0.417. The zero-order valence-corrected chi connectivity index (χ0v) is 15.6. The van der Waals surface area contributed by atoms with Crippen molar-refractivity contribution in [3.63, 3.8) is 0 Å². The fourth-order valence-electron chi connectivity index (χ4n) is 3.70. The summed E-state index contributed by atoms with van der Waals surface area (Å²) < 4.78 is 22.7. The highest BCUT2D eigenvalue weighted by Crippen LogP contribution is 2.34. The number of nitrogens with zero attached hydrogens (tertiary/aromatic N) is 5. The predicted octanol–water partition coefficient (Wildman–Crippen LogP) is 5.13. The predicted molar refractivity (Wildman–Crippen MR) is 111 cm³/mol. The molecule has 0 aliphatic heterocycles. The van der Waals surface area contributed by atoms with E-state index >= 15 is 0 Å². The first kappa shape index (κ1) is 16.7. The third-order valence-electron chi connectivity index (χ3n) is 5.10. The Morgan fingerprint density at radius 3 is 2.50 bits per heavy atom. The Balaban J connectivity index is 1.60. The lowest BCUT2D eigenvalue weighted by atomic mass is 10.0. The maximum atomic E-state index is 13.5. The second-order valence-corrected chi connectivity index (χ2v) is 6.91. The molecule has 30 heavy (non-hydrogen) atoms. The topological polar surface area (TPSA) is 61.1 Å². The third-order valence-corrected chi connectivity index (χ3v) is 5.10. The van der Waals surface area contributed by atoms with Crippen LogP contribution >= 0.6 is 0 Å². The van der Waals surface area contributed by atoms with Crippen LogP contribution in [0.1, 0.15) is 0 Å². The van der Waals surface area contributed by atoms with E-state index < -0.39 is 0 Å². The van der Waals surface area contributed by atoms with Gasteiger partial charge in [0.1, 0.15) is 23.3 Å². The molecule has 0 bridgehead atoms. The number of rotatable bonds is 3. The van der Waals surface area contributed by atoms with E-state index in [1.807, 2.05) is 63.8 Å². The molecule has 0 spiro atoms. The van der Waals surface area contributed by atoms with Crippen LogP contribution in [0.2, 0.25) is 0 Å². The minimum Gasteiger partial charge on any atom is -0.432 e. The van der Waals surface area contributed by atoms with Crippen LogP contribution in [0.5, 0.6) is 0 Å². The van der Waals surface area contributed by atoms with Gasteiger partial charge in [-0.15, -0.1) is 5.10 Å². The number of imidazole rings is 1. The number of aromatic nitrogens is 5. The van der Waals surface area contributed by atoms with E-state index in [1.54, 1.807) is 18.4 Å². The van der Waals surface area contributed by atoms with Crippen molar-refractivity contribution >= 4 is 16.9 Å². The second kappa shape index (κ2) is 6.38. The Kier molecular flexibility index (Phi) is 3.55. The highest BCUT2D eigenvalue weighted by Gasteiger charge is 2.19. The van der Waals surface area contributed by atoms with E-state index in [1.165, 1.54) is 12.1 Å². The number of halogens is 1. The van der Waals surface area contributed by atoms with Gasteiger partial charge in [-0.1, -0.05) is 29.5 Å². The monoisotopic (exact) mass is 395 g/mol. The number of para-hydroxylation sites is 1. The molecular formula is C23H14FN5O. The first-order valence-corrected chi connectivity index (χ1v) is 9.41. The second-order valence-electron chi connectivity index (χ2n) is 6.91. The highest BCUT2D eigenvalue weighted by atomic mass is 19.1. The van der Waals surface area contributed by atoms with Crippen molar-refractivity contribution in [2.45, 2.75) is 0 Å². The molecule has 7 heteroatoms. The van der Waals surface area contributed by atoms with Gasteiger partial charge in [0.05, 0.1) is 16.9 Å². The van der Waals surface area contributed by atoms with Crippen LogP contribution < -0.4 is 0 Å². The third kappa shape index (κ3) is 2.52. The van der Waals surface area contributed by atoms with Crippen LogP contribution in [-0.2, 0) is 0 Å². The molecule has 144 valence electrons. The van der Waals surface area contributed by atoms with Crippen molar-refractivity contribution in [3.8, 4) is 28.2 Å². The number of benzene rings is 3. The van der Waals surface area contributed by atoms with Gasteiger partial charge in [0.15, 0.2) is 0 Å². The maximum absolute atomic E-state index is 13.5. The molecule has 6 rings (SSSR count). The van der Waals surface area contributed by atoms with E-state index in [4.69, 9.17) is 4.42 Å². The minimum absolute atomic E-state index is 0.289. The molecule has 0 fully saturated rings. The zero-order valence-electron chi connectivity index (χ0n) is 15.6. The molecule has 3 aromatic heterocycles. The summed E-state index contributed by atoms with van der Waals surface area (Å²) >= 11 is 0. The zero-order chi connectivity index (χ0) is 20.1. The summed E-state index contributed by atoms with van der Waals surface area (Å²) in [7, 11) is 0. The summed E-state index contributed by atoms with van der Waals surface area (Å²) in [6.07, 6.45) is 3.41. The van der Waals surface area contributed by atoms with Crippen LogP contribution in [0.4, 0.5) is 4.39 Å². The first-order chi connectivity index (χ1) is 14.8. The number of fused-ring (bicyclic) bond motifs is 2. The SMILES string of the molecule is Fc1ccc(-c2nc3occn3c2-c2ccc3nnn(-c4ccccc4)c3c2)cc1. The summed E-state index contributed by atoms with van der Waals surface area (Å²) in [4.78, 5) is 4.63. The van der Waals surface area contributed by atoms with Crippen molar-refractivity contribution in [2.75, 3.05) is 0 Å². The Labute approximate surface area is 169 Å². The van der Waals surface area contributed by atoms with Gasteiger partial charge in [-0.3, -0.25) is 4.40 Å². The van der Waals surface area contributed by atoms with Gasteiger partial charge in [0.2, 0.25) is 0 Å². The standard InChI is InChI=1S/C23H14FN5O/c24-17-9-6-15(7-10-17)21-22(28-12-13-30-23(28)25-21)16-8-11-19-20(14-16)29(27-26-19)18-4-2-1-3-5-18/h1-14H. The molecule has 0 radical (unpaired) electrons. The fraction of sp³-hybridized carbons (Fsp3) is 0. The molecule has 3 heterocycles. The van der Waals surface area contributed by atoms with Crippen molar-refractivity contribution < 1.29 is 8.81 Å². The van der Waals surface area contributed by atoms with Crippen molar-refractivity contribution in [3.05, 3.63) is 91.1 Å². The smallest absolute Gasteiger partial charge is 0.306 e. The lowest BCUT2D eigenvalue weighted by Gasteiger charge is -2.06. The van der Waals surface area contributed by atoms with E-state index in [0.717, 1.165) is 33.5 Å². The van der Waals surface area contributed by atoms with E-state index in [9.17, 15) is 4.39 Å². The summed E-state index contributed by atoms with van der Waals surface area (Å²) in [5.41, 5.74) is 5.90. The van der Waals surface area contributed by atoms with Crippen LogP contribution in [0.3, 0.4) is 0 Å². The summed E-state index contributed by atoms with van der Waals surface area (Å²) in [5, 5.41) is 8.61. The van der Waals surface area contributed by atoms with E-state index in [0.29, 0.717) is 11.5 Å². The maximum Gasteiger partial charge on any atom is 0.306 e.